The number of carbonyl (C=O) groups excluding carboxylic acids is 1. The summed E-state index contributed by atoms with van der Waals surface area (Å²) in [6, 6.07) is 0. The van der Waals surface area contributed by atoms with Crippen molar-refractivity contribution in [3.8, 4) is 0 Å². The summed E-state index contributed by atoms with van der Waals surface area (Å²) in [6.45, 7) is 2.01. The van der Waals surface area contributed by atoms with Gasteiger partial charge in [-0.25, -0.2) is 0 Å². The second-order valence-corrected chi connectivity index (χ2v) is 3.95. The van der Waals surface area contributed by atoms with Gasteiger partial charge in [0.1, 0.15) is 6.10 Å². The van der Waals surface area contributed by atoms with Crippen LogP contribution in [-0.2, 0) is 9.53 Å². The maximum Gasteiger partial charge on any atom is 0.306 e. The summed E-state index contributed by atoms with van der Waals surface area (Å²) in [4.78, 5) is 11.0. The summed E-state index contributed by atoms with van der Waals surface area (Å²) in [6.07, 6.45) is 3.39. The van der Waals surface area contributed by atoms with E-state index in [1.807, 2.05) is 6.92 Å². The lowest BCUT2D eigenvalue weighted by atomic mass is 9.93. The lowest BCUT2D eigenvalue weighted by molar-refractivity contribution is -0.141. The molecule has 3 heteroatoms. The van der Waals surface area contributed by atoms with E-state index < -0.39 is 6.10 Å². The lowest BCUT2D eigenvalue weighted by Crippen LogP contribution is -2.26. The van der Waals surface area contributed by atoms with Crippen molar-refractivity contribution in [2.75, 3.05) is 0 Å². The average Bonchev–Trinajstić information content (AvgIpc) is 2.38. The Morgan fingerprint density at radius 1 is 1.54 bits per heavy atom. The standard InChI is InChI=1S/C10H14O3/c1-6-2-3-9-7(8(11)4-6)5-10(12)13-9/h2,7-9,11H,3-5H2,1H3/t7-,8+,9-/m0/s1. The van der Waals surface area contributed by atoms with Crippen molar-refractivity contribution >= 4 is 5.97 Å². The van der Waals surface area contributed by atoms with Crippen molar-refractivity contribution in [2.24, 2.45) is 5.92 Å². The Morgan fingerprint density at radius 3 is 3.08 bits per heavy atom. The molecule has 0 bridgehead atoms. The Hall–Kier alpha value is -0.830. The van der Waals surface area contributed by atoms with Gasteiger partial charge in [-0.05, 0) is 13.3 Å². The fourth-order valence-electron chi connectivity index (χ4n) is 2.12. The molecular formula is C10H14O3. The molecule has 1 N–H and O–H groups in total. The highest BCUT2D eigenvalue weighted by molar-refractivity contribution is 5.72. The van der Waals surface area contributed by atoms with Crippen LogP contribution in [0.15, 0.2) is 11.6 Å². The smallest absolute Gasteiger partial charge is 0.306 e. The monoisotopic (exact) mass is 182 g/mol. The van der Waals surface area contributed by atoms with Crippen LogP contribution in [0.3, 0.4) is 0 Å². The maximum absolute atomic E-state index is 11.0. The largest absolute Gasteiger partial charge is 0.462 e. The highest BCUT2D eigenvalue weighted by Gasteiger charge is 2.39. The molecule has 3 nitrogen and oxygen atoms in total. The molecular weight excluding hydrogens is 168 g/mol. The highest BCUT2D eigenvalue weighted by Crippen LogP contribution is 2.33. The summed E-state index contributed by atoms with van der Waals surface area (Å²) in [5.74, 6) is -0.150. The first kappa shape index (κ1) is 8.75. The Bertz CT molecular complexity index is 257. The van der Waals surface area contributed by atoms with Crippen LogP contribution in [0, 0.1) is 5.92 Å². The normalized spacial score (nSPS) is 39.1. The SMILES string of the molecule is CC1=CC[C@@H]2OC(=O)C[C@H]2[C@H](O)C1. The Labute approximate surface area is 77.4 Å². The molecule has 0 radical (unpaired) electrons. The van der Waals surface area contributed by atoms with E-state index >= 15 is 0 Å². The van der Waals surface area contributed by atoms with Gasteiger partial charge in [-0.2, -0.15) is 0 Å². The molecule has 0 aromatic heterocycles. The molecule has 13 heavy (non-hydrogen) atoms. The number of hydrogen-bond acceptors (Lipinski definition) is 3. The molecule has 1 fully saturated rings. The fourth-order valence-corrected chi connectivity index (χ4v) is 2.12. The van der Waals surface area contributed by atoms with E-state index in [1.165, 1.54) is 5.57 Å². The van der Waals surface area contributed by atoms with Crippen LogP contribution in [0.2, 0.25) is 0 Å². The van der Waals surface area contributed by atoms with Crippen molar-refractivity contribution in [2.45, 2.75) is 38.4 Å². The second-order valence-electron chi connectivity index (χ2n) is 3.95. The summed E-state index contributed by atoms with van der Waals surface area (Å²) in [5, 5.41) is 9.77. The molecule has 0 amide bonds. The number of hydrogen-bond donors (Lipinski definition) is 1. The molecule has 1 aliphatic heterocycles. The first-order valence-corrected chi connectivity index (χ1v) is 4.70. The molecule has 3 atom stereocenters. The van der Waals surface area contributed by atoms with Gasteiger partial charge < -0.3 is 9.84 Å². The van der Waals surface area contributed by atoms with Gasteiger partial charge in [-0.15, -0.1) is 0 Å². The predicted octanol–water partition coefficient (Wildman–Crippen LogP) is 1.02. The topological polar surface area (TPSA) is 46.5 Å². The molecule has 1 aliphatic carbocycles. The van der Waals surface area contributed by atoms with Crippen molar-refractivity contribution in [1.82, 2.24) is 0 Å². The molecule has 0 saturated carbocycles. The van der Waals surface area contributed by atoms with Gasteiger partial charge >= 0.3 is 5.97 Å². The van der Waals surface area contributed by atoms with Crippen molar-refractivity contribution in [3.63, 3.8) is 0 Å². The van der Waals surface area contributed by atoms with Gasteiger partial charge in [0.25, 0.3) is 0 Å². The van der Waals surface area contributed by atoms with Crippen molar-refractivity contribution in [3.05, 3.63) is 11.6 Å². The zero-order valence-electron chi connectivity index (χ0n) is 7.69. The van der Waals surface area contributed by atoms with Crippen LogP contribution in [0.25, 0.3) is 0 Å². The van der Waals surface area contributed by atoms with Crippen LogP contribution in [-0.4, -0.2) is 23.3 Å². The molecule has 2 aliphatic rings. The van der Waals surface area contributed by atoms with Gasteiger partial charge in [0.15, 0.2) is 0 Å². The summed E-state index contributed by atoms with van der Waals surface area (Å²) < 4.78 is 5.12. The number of carbonyl (C=O) groups is 1. The number of ether oxygens (including phenoxy) is 1. The number of aliphatic hydroxyl groups excluding tert-OH is 1. The zero-order chi connectivity index (χ0) is 9.42. The number of esters is 1. The van der Waals surface area contributed by atoms with E-state index in [-0.39, 0.29) is 18.0 Å². The zero-order valence-corrected chi connectivity index (χ0v) is 7.69. The molecule has 1 saturated heterocycles. The summed E-state index contributed by atoms with van der Waals surface area (Å²) in [5.41, 5.74) is 1.19. The van der Waals surface area contributed by atoms with E-state index in [2.05, 4.69) is 6.08 Å². The predicted molar refractivity (Wildman–Crippen MR) is 47.0 cm³/mol. The fraction of sp³-hybridized carbons (Fsp3) is 0.700. The molecule has 2 rings (SSSR count). The first-order chi connectivity index (χ1) is 6.16. The third kappa shape index (κ3) is 1.61. The van der Waals surface area contributed by atoms with E-state index in [0.717, 1.165) is 6.42 Å². The Balaban J connectivity index is 2.16. The van der Waals surface area contributed by atoms with Crippen LogP contribution >= 0.6 is 0 Å². The van der Waals surface area contributed by atoms with E-state index in [1.54, 1.807) is 0 Å². The van der Waals surface area contributed by atoms with Crippen molar-refractivity contribution < 1.29 is 14.6 Å². The Morgan fingerprint density at radius 2 is 2.31 bits per heavy atom. The maximum atomic E-state index is 11.0. The van der Waals surface area contributed by atoms with Crippen LogP contribution in [0.1, 0.15) is 26.2 Å². The minimum Gasteiger partial charge on any atom is -0.462 e. The second kappa shape index (κ2) is 3.14. The van der Waals surface area contributed by atoms with Crippen molar-refractivity contribution in [1.29, 1.82) is 0 Å². The lowest BCUT2D eigenvalue weighted by Gasteiger charge is -2.18. The molecule has 0 unspecified atom stereocenters. The first-order valence-electron chi connectivity index (χ1n) is 4.70. The summed E-state index contributed by atoms with van der Waals surface area (Å²) >= 11 is 0. The Kier molecular flexibility index (Phi) is 2.12. The third-order valence-corrected chi connectivity index (χ3v) is 2.89. The molecule has 72 valence electrons. The van der Waals surface area contributed by atoms with Gasteiger partial charge in [-0.3, -0.25) is 4.79 Å². The number of aliphatic hydroxyl groups is 1. The molecule has 0 aromatic rings. The summed E-state index contributed by atoms with van der Waals surface area (Å²) in [7, 11) is 0. The average molecular weight is 182 g/mol. The minimum absolute atomic E-state index is 0.0150. The van der Waals surface area contributed by atoms with E-state index in [0.29, 0.717) is 12.8 Å². The number of fused-ring (bicyclic) bond motifs is 1. The van der Waals surface area contributed by atoms with Crippen LogP contribution < -0.4 is 0 Å². The molecule has 1 heterocycles. The van der Waals surface area contributed by atoms with E-state index in [9.17, 15) is 9.90 Å². The van der Waals surface area contributed by atoms with Gasteiger partial charge in [0.2, 0.25) is 0 Å². The highest BCUT2D eigenvalue weighted by atomic mass is 16.6. The molecule has 0 spiro atoms. The van der Waals surface area contributed by atoms with Gasteiger partial charge in [0, 0.05) is 12.3 Å². The van der Waals surface area contributed by atoms with Crippen LogP contribution in [0.4, 0.5) is 0 Å². The molecule has 0 aromatic carbocycles. The van der Waals surface area contributed by atoms with Gasteiger partial charge in [0.05, 0.1) is 12.5 Å². The minimum atomic E-state index is -0.407. The van der Waals surface area contributed by atoms with Crippen LogP contribution in [0.5, 0.6) is 0 Å². The van der Waals surface area contributed by atoms with Gasteiger partial charge in [-0.1, -0.05) is 11.6 Å². The quantitative estimate of drug-likeness (QED) is 0.449. The number of rotatable bonds is 0. The van der Waals surface area contributed by atoms with E-state index in [4.69, 9.17) is 4.74 Å². The third-order valence-electron chi connectivity index (χ3n) is 2.89.